The molecule has 0 radical (unpaired) electrons. The first kappa shape index (κ1) is 20.5. The molecule has 0 N–H and O–H groups in total. The van der Waals surface area contributed by atoms with Gasteiger partial charge in [-0.05, 0) is 55.3 Å². The summed E-state index contributed by atoms with van der Waals surface area (Å²) in [4.78, 5) is 32.8. The van der Waals surface area contributed by atoms with E-state index in [4.69, 9.17) is 16.0 Å². The highest BCUT2D eigenvalue weighted by atomic mass is 35.5. The van der Waals surface area contributed by atoms with Gasteiger partial charge >= 0.3 is 0 Å². The van der Waals surface area contributed by atoms with E-state index in [-0.39, 0.29) is 17.6 Å². The van der Waals surface area contributed by atoms with E-state index in [1.54, 1.807) is 48.5 Å². The summed E-state index contributed by atoms with van der Waals surface area (Å²) in [7, 11) is 0. The number of fused-ring (bicyclic) bond motifs is 1. The summed E-state index contributed by atoms with van der Waals surface area (Å²) >= 11 is 5.94. The minimum Gasteiger partial charge on any atom is -0.440 e. The quantitative estimate of drug-likeness (QED) is 0.377. The van der Waals surface area contributed by atoms with Gasteiger partial charge in [0.15, 0.2) is 17.3 Å². The maximum Gasteiger partial charge on any atom is 0.254 e. The second kappa shape index (κ2) is 8.60. The van der Waals surface area contributed by atoms with Crippen LogP contribution in [-0.4, -0.2) is 34.7 Å². The summed E-state index contributed by atoms with van der Waals surface area (Å²) in [6, 6.07) is 21.4. The SMILES string of the molecule is O=C(c1ccc(Cl)cc1)c1ccccc1C(=O)N1CCC(c2nc3ccccc3o2)CC1. The number of halogens is 1. The maximum absolute atomic E-state index is 13.3. The molecule has 1 fully saturated rings. The molecule has 4 aromatic rings. The molecular weight excluding hydrogens is 424 g/mol. The number of para-hydroxylation sites is 2. The molecule has 32 heavy (non-hydrogen) atoms. The molecule has 0 atom stereocenters. The number of carbonyl (C=O) groups excluding carboxylic acids is 2. The highest BCUT2D eigenvalue weighted by Crippen LogP contribution is 2.31. The Labute approximate surface area is 190 Å². The molecule has 5 nitrogen and oxygen atoms in total. The Morgan fingerprint density at radius 2 is 1.53 bits per heavy atom. The topological polar surface area (TPSA) is 63.4 Å². The van der Waals surface area contributed by atoms with Gasteiger partial charge in [-0.25, -0.2) is 4.98 Å². The van der Waals surface area contributed by atoms with Crippen molar-refractivity contribution in [3.63, 3.8) is 0 Å². The molecule has 3 aromatic carbocycles. The molecular formula is C26H21ClN2O3. The van der Waals surface area contributed by atoms with Crippen molar-refractivity contribution in [1.82, 2.24) is 9.88 Å². The zero-order chi connectivity index (χ0) is 22.1. The number of hydrogen-bond donors (Lipinski definition) is 0. The largest absolute Gasteiger partial charge is 0.440 e. The number of hydrogen-bond acceptors (Lipinski definition) is 4. The van der Waals surface area contributed by atoms with Crippen LogP contribution in [0.5, 0.6) is 0 Å². The first-order valence-corrected chi connectivity index (χ1v) is 11.0. The van der Waals surface area contributed by atoms with E-state index in [1.807, 2.05) is 29.2 Å². The smallest absolute Gasteiger partial charge is 0.254 e. The third-order valence-corrected chi connectivity index (χ3v) is 6.20. The standard InChI is InChI=1S/C26H21ClN2O3/c27-19-11-9-17(10-12-19)24(30)20-5-1-2-6-21(20)26(31)29-15-13-18(14-16-29)25-28-22-7-3-4-8-23(22)32-25/h1-12,18H,13-16H2. The van der Waals surface area contributed by atoms with Gasteiger partial charge in [-0.3, -0.25) is 9.59 Å². The summed E-state index contributed by atoms with van der Waals surface area (Å²) in [6.45, 7) is 1.18. The number of rotatable bonds is 4. The van der Waals surface area contributed by atoms with E-state index in [0.29, 0.717) is 34.8 Å². The van der Waals surface area contributed by atoms with Gasteiger partial charge in [-0.2, -0.15) is 0 Å². The Balaban J connectivity index is 1.32. The molecule has 5 rings (SSSR count). The van der Waals surface area contributed by atoms with E-state index in [1.165, 1.54) is 0 Å². The highest BCUT2D eigenvalue weighted by Gasteiger charge is 2.29. The Morgan fingerprint density at radius 3 is 2.25 bits per heavy atom. The Kier molecular flexibility index (Phi) is 5.50. The molecule has 1 saturated heterocycles. The molecule has 1 aliphatic rings. The monoisotopic (exact) mass is 444 g/mol. The van der Waals surface area contributed by atoms with Gasteiger partial charge in [0.2, 0.25) is 0 Å². The summed E-state index contributed by atoms with van der Waals surface area (Å²) in [6.07, 6.45) is 1.54. The number of piperidine rings is 1. The van der Waals surface area contributed by atoms with E-state index < -0.39 is 0 Å². The zero-order valence-electron chi connectivity index (χ0n) is 17.3. The molecule has 1 aromatic heterocycles. The van der Waals surface area contributed by atoms with Gasteiger partial charge < -0.3 is 9.32 Å². The normalized spacial score (nSPS) is 14.6. The third-order valence-electron chi connectivity index (χ3n) is 5.95. The van der Waals surface area contributed by atoms with Crippen LogP contribution in [0.3, 0.4) is 0 Å². The van der Waals surface area contributed by atoms with Crippen molar-refractivity contribution in [2.45, 2.75) is 18.8 Å². The zero-order valence-corrected chi connectivity index (χ0v) is 18.1. The van der Waals surface area contributed by atoms with Gasteiger partial charge in [-0.1, -0.05) is 41.9 Å². The second-order valence-corrected chi connectivity index (χ2v) is 8.40. The fraction of sp³-hybridized carbons (Fsp3) is 0.192. The molecule has 0 bridgehead atoms. The number of amides is 1. The lowest BCUT2D eigenvalue weighted by atomic mass is 9.94. The number of carbonyl (C=O) groups is 2. The van der Waals surface area contributed by atoms with Crippen molar-refractivity contribution in [2.24, 2.45) is 0 Å². The van der Waals surface area contributed by atoms with Gasteiger partial charge in [0.05, 0.1) is 5.56 Å². The molecule has 0 spiro atoms. The number of ketones is 1. The van der Waals surface area contributed by atoms with E-state index in [9.17, 15) is 9.59 Å². The lowest BCUT2D eigenvalue weighted by Gasteiger charge is -2.31. The van der Waals surface area contributed by atoms with Gasteiger partial charge in [0.1, 0.15) is 5.52 Å². The minimum absolute atomic E-state index is 0.126. The summed E-state index contributed by atoms with van der Waals surface area (Å²) < 4.78 is 5.93. The van der Waals surface area contributed by atoms with Gasteiger partial charge in [0.25, 0.3) is 5.91 Å². The Bertz CT molecular complexity index is 1250. The predicted molar refractivity (Wildman–Crippen MR) is 123 cm³/mol. The van der Waals surface area contributed by atoms with Crippen molar-refractivity contribution in [3.05, 3.63) is 100 Å². The van der Waals surface area contributed by atoms with Gasteiger partial charge in [0, 0.05) is 35.2 Å². The third kappa shape index (κ3) is 3.92. The first-order valence-electron chi connectivity index (χ1n) is 10.6. The van der Waals surface area contributed by atoms with Crippen LogP contribution in [0.1, 0.15) is 50.9 Å². The molecule has 6 heteroatoms. The van der Waals surface area contributed by atoms with Crippen molar-refractivity contribution in [2.75, 3.05) is 13.1 Å². The lowest BCUT2D eigenvalue weighted by molar-refractivity contribution is 0.0703. The highest BCUT2D eigenvalue weighted by molar-refractivity contribution is 6.30. The molecule has 0 saturated carbocycles. The van der Waals surface area contributed by atoms with Crippen LogP contribution in [-0.2, 0) is 0 Å². The fourth-order valence-corrected chi connectivity index (χ4v) is 4.31. The number of oxazole rings is 1. The van der Waals surface area contributed by atoms with Crippen LogP contribution >= 0.6 is 11.6 Å². The summed E-state index contributed by atoms with van der Waals surface area (Å²) in [5.41, 5.74) is 2.98. The molecule has 0 unspecified atom stereocenters. The van der Waals surface area contributed by atoms with E-state index in [0.717, 1.165) is 29.8 Å². The van der Waals surface area contributed by atoms with Crippen LogP contribution in [0.2, 0.25) is 5.02 Å². The molecule has 1 aliphatic heterocycles. The van der Waals surface area contributed by atoms with Crippen molar-refractivity contribution in [1.29, 1.82) is 0 Å². The number of likely N-dealkylation sites (tertiary alicyclic amines) is 1. The summed E-state index contributed by atoms with van der Waals surface area (Å²) in [5, 5.41) is 0.563. The second-order valence-electron chi connectivity index (χ2n) is 7.97. The Hall–Kier alpha value is -3.44. The molecule has 0 aliphatic carbocycles. The van der Waals surface area contributed by atoms with Crippen LogP contribution < -0.4 is 0 Å². The van der Waals surface area contributed by atoms with Gasteiger partial charge in [-0.15, -0.1) is 0 Å². The van der Waals surface area contributed by atoms with E-state index >= 15 is 0 Å². The van der Waals surface area contributed by atoms with Crippen LogP contribution in [0.4, 0.5) is 0 Å². The molecule has 2 heterocycles. The molecule has 160 valence electrons. The number of nitrogens with zero attached hydrogens (tertiary/aromatic N) is 2. The number of aromatic nitrogens is 1. The Morgan fingerprint density at radius 1 is 0.875 bits per heavy atom. The lowest BCUT2D eigenvalue weighted by Crippen LogP contribution is -2.38. The van der Waals surface area contributed by atoms with E-state index in [2.05, 4.69) is 4.98 Å². The average molecular weight is 445 g/mol. The fourth-order valence-electron chi connectivity index (χ4n) is 4.19. The summed E-state index contributed by atoms with van der Waals surface area (Å²) in [5.74, 6) is 0.597. The van der Waals surface area contributed by atoms with Crippen LogP contribution in [0, 0.1) is 0 Å². The minimum atomic E-state index is -0.188. The maximum atomic E-state index is 13.3. The van der Waals surface area contributed by atoms with Crippen molar-refractivity contribution >= 4 is 34.4 Å². The van der Waals surface area contributed by atoms with Crippen LogP contribution in [0.25, 0.3) is 11.1 Å². The van der Waals surface area contributed by atoms with Crippen molar-refractivity contribution in [3.8, 4) is 0 Å². The van der Waals surface area contributed by atoms with Crippen molar-refractivity contribution < 1.29 is 14.0 Å². The van der Waals surface area contributed by atoms with Crippen LogP contribution in [0.15, 0.2) is 77.2 Å². The molecule has 1 amide bonds. The number of benzene rings is 3. The first-order chi connectivity index (χ1) is 15.6. The predicted octanol–water partition coefficient (Wildman–Crippen LogP) is 5.73. The average Bonchev–Trinajstić information content (AvgIpc) is 3.28.